The fourth-order valence-electron chi connectivity index (χ4n) is 1.97. The Balaban J connectivity index is 2.10. The number of halogens is 1. The van der Waals surface area contributed by atoms with Crippen LogP contribution in [0.4, 0.5) is 0 Å². The van der Waals surface area contributed by atoms with Crippen molar-refractivity contribution in [1.82, 2.24) is 4.90 Å². The first-order chi connectivity index (χ1) is 8.08. The second-order valence-electron chi connectivity index (χ2n) is 4.38. The van der Waals surface area contributed by atoms with Crippen molar-refractivity contribution in [2.24, 2.45) is 5.92 Å². The number of hydrogen-bond donors (Lipinski definition) is 0. The Kier molecular flexibility index (Phi) is 3.62. The lowest BCUT2D eigenvalue weighted by molar-refractivity contribution is -0.124. The predicted molar refractivity (Wildman–Crippen MR) is 68.8 cm³/mol. The third kappa shape index (κ3) is 2.75. The highest BCUT2D eigenvalue weighted by Gasteiger charge is 2.27. The van der Waals surface area contributed by atoms with Crippen LogP contribution in [0.5, 0.6) is 0 Å². The Bertz CT molecular complexity index is 441. The van der Waals surface area contributed by atoms with E-state index in [0.29, 0.717) is 25.1 Å². The smallest absolute Gasteiger partial charge is 0.253 e. The van der Waals surface area contributed by atoms with Gasteiger partial charge in [0.2, 0.25) is 0 Å². The van der Waals surface area contributed by atoms with Crippen LogP contribution in [-0.4, -0.2) is 29.7 Å². The number of piperidine rings is 1. The highest BCUT2D eigenvalue weighted by atomic mass is 79.9. The van der Waals surface area contributed by atoms with Crippen molar-refractivity contribution < 1.29 is 9.59 Å². The maximum Gasteiger partial charge on any atom is 0.253 e. The van der Waals surface area contributed by atoms with Gasteiger partial charge in [-0.15, -0.1) is 0 Å². The molecule has 0 aliphatic carbocycles. The average molecular weight is 296 g/mol. The maximum absolute atomic E-state index is 12.2. The quantitative estimate of drug-likeness (QED) is 0.798. The summed E-state index contributed by atoms with van der Waals surface area (Å²) in [6.45, 7) is 2.95. The zero-order chi connectivity index (χ0) is 12.4. The number of rotatable bonds is 1. The first-order valence-corrected chi connectivity index (χ1v) is 6.45. The minimum absolute atomic E-state index is 0.0110. The molecule has 0 bridgehead atoms. The Morgan fingerprint density at radius 1 is 1.35 bits per heavy atom. The fraction of sp³-hybridized carbons (Fsp3) is 0.385. The van der Waals surface area contributed by atoms with Crippen molar-refractivity contribution in [3.63, 3.8) is 0 Å². The van der Waals surface area contributed by atoms with E-state index < -0.39 is 0 Å². The number of carbonyl (C=O) groups is 2. The third-order valence-corrected chi connectivity index (χ3v) is 3.58. The van der Waals surface area contributed by atoms with Crippen LogP contribution >= 0.6 is 15.9 Å². The standard InChI is InChI=1S/C13H14BrNO2/c1-9-8-15(7-6-12(9)16)13(17)10-2-4-11(14)5-3-10/h2-5,9H,6-8H2,1H3. The van der Waals surface area contributed by atoms with Crippen molar-refractivity contribution in [3.8, 4) is 0 Å². The second kappa shape index (κ2) is 5.00. The number of benzene rings is 1. The third-order valence-electron chi connectivity index (χ3n) is 3.05. The summed E-state index contributed by atoms with van der Waals surface area (Å²) in [5.74, 6) is 0.227. The number of ketones is 1. The molecule has 2 rings (SSSR count). The van der Waals surface area contributed by atoms with Gasteiger partial charge in [-0.25, -0.2) is 0 Å². The lowest BCUT2D eigenvalue weighted by atomic mass is 9.98. The normalized spacial score (nSPS) is 20.5. The summed E-state index contributed by atoms with van der Waals surface area (Å²) < 4.78 is 0.955. The van der Waals surface area contributed by atoms with Gasteiger partial charge < -0.3 is 4.90 Å². The molecule has 1 aromatic carbocycles. The molecular weight excluding hydrogens is 282 g/mol. The number of Topliss-reactive ketones (excluding diaryl/α,β-unsaturated/α-hetero) is 1. The fourth-order valence-corrected chi connectivity index (χ4v) is 2.24. The Morgan fingerprint density at radius 2 is 2.00 bits per heavy atom. The molecule has 0 saturated carbocycles. The van der Waals surface area contributed by atoms with Gasteiger partial charge in [0.05, 0.1) is 0 Å². The second-order valence-corrected chi connectivity index (χ2v) is 5.29. The summed E-state index contributed by atoms with van der Waals surface area (Å²) in [5.41, 5.74) is 0.676. The Morgan fingerprint density at radius 3 is 2.59 bits per heavy atom. The van der Waals surface area contributed by atoms with Crippen LogP contribution in [0.2, 0.25) is 0 Å². The topological polar surface area (TPSA) is 37.4 Å². The lowest BCUT2D eigenvalue weighted by Gasteiger charge is -2.30. The largest absolute Gasteiger partial charge is 0.337 e. The summed E-state index contributed by atoms with van der Waals surface area (Å²) in [6.07, 6.45) is 0.476. The van der Waals surface area contributed by atoms with Crippen molar-refractivity contribution in [1.29, 1.82) is 0 Å². The number of hydrogen-bond acceptors (Lipinski definition) is 2. The van der Waals surface area contributed by atoms with E-state index in [2.05, 4.69) is 15.9 Å². The molecule has 1 saturated heterocycles. The summed E-state index contributed by atoms with van der Waals surface area (Å²) in [4.78, 5) is 25.3. The molecule has 0 aromatic heterocycles. The Hall–Kier alpha value is -1.16. The van der Waals surface area contributed by atoms with Crippen LogP contribution in [0.15, 0.2) is 28.7 Å². The number of amides is 1. The molecule has 4 heteroatoms. The summed E-state index contributed by atoms with van der Waals surface area (Å²) >= 11 is 3.34. The van der Waals surface area contributed by atoms with Crippen LogP contribution in [0.3, 0.4) is 0 Å². The predicted octanol–water partition coefficient (Wildman–Crippen LogP) is 2.50. The van der Waals surface area contributed by atoms with E-state index in [4.69, 9.17) is 0 Å². The molecule has 17 heavy (non-hydrogen) atoms. The summed E-state index contributed by atoms with van der Waals surface area (Å²) in [6, 6.07) is 7.30. The van der Waals surface area contributed by atoms with Gasteiger partial charge in [0.1, 0.15) is 5.78 Å². The van der Waals surface area contributed by atoms with Gasteiger partial charge in [-0.2, -0.15) is 0 Å². The van der Waals surface area contributed by atoms with Gasteiger partial charge in [0, 0.05) is 35.5 Å². The molecule has 90 valence electrons. The molecule has 1 unspecified atom stereocenters. The average Bonchev–Trinajstić information content (AvgIpc) is 2.33. The lowest BCUT2D eigenvalue weighted by Crippen LogP contribution is -2.43. The van der Waals surface area contributed by atoms with E-state index in [1.807, 2.05) is 19.1 Å². The van der Waals surface area contributed by atoms with Gasteiger partial charge in [0.25, 0.3) is 5.91 Å². The molecule has 0 N–H and O–H groups in total. The zero-order valence-corrected chi connectivity index (χ0v) is 11.2. The highest BCUT2D eigenvalue weighted by Crippen LogP contribution is 2.17. The molecule has 1 heterocycles. The van der Waals surface area contributed by atoms with Gasteiger partial charge in [0.15, 0.2) is 0 Å². The molecule has 1 atom stereocenters. The molecule has 3 nitrogen and oxygen atoms in total. The summed E-state index contributed by atoms with van der Waals surface area (Å²) in [5, 5.41) is 0. The first kappa shape index (κ1) is 12.3. The molecular formula is C13H14BrNO2. The van der Waals surface area contributed by atoms with Crippen molar-refractivity contribution in [2.45, 2.75) is 13.3 Å². The van der Waals surface area contributed by atoms with Gasteiger partial charge in [-0.05, 0) is 24.3 Å². The molecule has 1 amide bonds. The van der Waals surface area contributed by atoms with Gasteiger partial charge >= 0.3 is 0 Å². The summed E-state index contributed by atoms with van der Waals surface area (Å²) in [7, 11) is 0. The van der Waals surface area contributed by atoms with Gasteiger partial charge in [-0.1, -0.05) is 22.9 Å². The van der Waals surface area contributed by atoms with Crippen molar-refractivity contribution in [2.75, 3.05) is 13.1 Å². The Labute approximate surface area is 109 Å². The number of likely N-dealkylation sites (tertiary alicyclic amines) is 1. The first-order valence-electron chi connectivity index (χ1n) is 5.65. The minimum Gasteiger partial charge on any atom is -0.337 e. The zero-order valence-electron chi connectivity index (χ0n) is 9.65. The van der Waals surface area contributed by atoms with Crippen LogP contribution in [-0.2, 0) is 4.79 Å². The van der Waals surface area contributed by atoms with Crippen LogP contribution < -0.4 is 0 Å². The van der Waals surface area contributed by atoms with E-state index in [1.165, 1.54) is 0 Å². The molecule has 1 fully saturated rings. The highest BCUT2D eigenvalue weighted by molar-refractivity contribution is 9.10. The van der Waals surface area contributed by atoms with Crippen LogP contribution in [0, 0.1) is 5.92 Å². The molecule has 0 radical (unpaired) electrons. The van der Waals surface area contributed by atoms with Crippen LogP contribution in [0.25, 0.3) is 0 Å². The van der Waals surface area contributed by atoms with Crippen molar-refractivity contribution in [3.05, 3.63) is 34.3 Å². The maximum atomic E-state index is 12.2. The van der Waals surface area contributed by atoms with Gasteiger partial charge in [-0.3, -0.25) is 9.59 Å². The van der Waals surface area contributed by atoms with Crippen molar-refractivity contribution >= 4 is 27.6 Å². The minimum atomic E-state index is -0.0388. The molecule has 0 spiro atoms. The van der Waals surface area contributed by atoms with E-state index in [1.54, 1.807) is 17.0 Å². The molecule has 1 aliphatic rings. The number of carbonyl (C=O) groups excluding carboxylic acids is 2. The van der Waals surface area contributed by atoms with E-state index in [0.717, 1.165) is 4.47 Å². The number of nitrogens with zero attached hydrogens (tertiary/aromatic N) is 1. The SMILES string of the molecule is CC1CN(C(=O)c2ccc(Br)cc2)CCC1=O. The molecule has 1 aromatic rings. The monoisotopic (exact) mass is 295 g/mol. The molecule has 1 aliphatic heterocycles. The van der Waals surface area contributed by atoms with Crippen LogP contribution in [0.1, 0.15) is 23.7 Å². The van der Waals surface area contributed by atoms with E-state index in [9.17, 15) is 9.59 Å². The van der Waals surface area contributed by atoms with E-state index >= 15 is 0 Å². The van der Waals surface area contributed by atoms with E-state index in [-0.39, 0.29) is 17.6 Å².